The van der Waals surface area contributed by atoms with Crippen molar-refractivity contribution in [2.24, 2.45) is 4.99 Å². The van der Waals surface area contributed by atoms with Crippen LogP contribution >= 0.6 is 0 Å². The number of carbonyl (C=O) groups is 1. The standard InChI is InChI=1S/C21H19N3O2/c1-3-26-21(25)18-14(2)23-20(17-7-5-4-6-8-17)24-19(18)16-11-9-15(13-22)10-12-16/h4-12,19H,3H2,1-2H3,(H,23,24). The molecule has 0 spiro atoms. The summed E-state index contributed by atoms with van der Waals surface area (Å²) in [4.78, 5) is 17.1. The first-order chi connectivity index (χ1) is 12.6. The van der Waals surface area contributed by atoms with Crippen LogP contribution in [0.4, 0.5) is 0 Å². The van der Waals surface area contributed by atoms with E-state index in [4.69, 9.17) is 10.00 Å². The molecule has 1 heterocycles. The number of allylic oxidation sites excluding steroid dienone is 1. The number of carbonyl (C=O) groups excluding carboxylic acids is 1. The molecule has 2 aromatic rings. The number of hydrogen-bond donors (Lipinski definition) is 1. The van der Waals surface area contributed by atoms with Crippen LogP contribution in [0.15, 0.2) is 70.9 Å². The summed E-state index contributed by atoms with van der Waals surface area (Å²) in [5.74, 6) is 0.313. The second-order valence-electron chi connectivity index (χ2n) is 5.86. The lowest BCUT2D eigenvalue weighted by Crippen LogP contribution is -2.36. The van der Waals surface area contributed by atoms with E-state index >= 15 is 0 Å². The summed E-state index contributed by atoms with van der Waals surface area (Å²) < 4.78 is 5.23. The normalized spacial score (nSPS) is 16.3. The van der Waals surface area contributed by atoms with Crippen LogP contribution in [0.5, 0.6) is 0 Å². The largest absolute Gasteiger partial charge is 0.463 e. The molecule has 26 heavy (non-hydrogen) atoms. The number of esters is 1. The number of benzene rings is 2. The van der Waals surface area contributed by atoms with Crippen LogP contribution < -0.4 is 5.32 Å². The summed E-state index contributed by atoms with van der Waals surface area (Å²) in [5, 5.41) is 12.4. The predicted molar refractivity (Wildman–Crippen MR) is 99.3 cm³/mol. The van der Waals surface area contributed by atoms with Crippen LogP contribution in [0.2, 0.25) is 0 Å². The van der Waals surface area contributed by atoms with Crippen molar-refractivity contribution in [2.75, 3.05) is 6.61 Å². The third-order valence-electron chi connectivity index (χ3n) is 4.15. The summed E-state index contributed by atoms with van der Waals surface area (Å²) in [6, 6.07) is 18.6. The van der Waals surface area contributed by atoms with Crippen LogP contribution in [0.3, 0.4) is 0 Å². The molecule has 2 aromatic carbocycles. The zero-order valence-electron chi connectivity index (χ0n) is 14.7. The Balaban J connectivity index is 2.06. The average molecular weight is 345 g/mol. The molecule has 1 aliphatic heterocycles. The Bertz CT molecular complexity index is 907. The number of amidine groups is 1. The minimum Gasteiger partial charge on any atom is -0.463 e. The van der Waals surface area contributed by atoms with Gasteiger partial charge >= 0.3 is 5.97 Å². The second-order valence-corrected chi connectivity index (χ2v) is 5.86. The molecule has 0 fully saturated rings. The first-order valence-electron chi connectivity index (χ1n) is 8.42. The minimum atomic E-state index is -0.394. The van der Waals surface area contributed by atoms with Crippen molar-refractivity contribution in [2.45, 2.75) is 19.9 Å². The van der Waals surface area contributed by atoms with E-state index in [2.05, 4.69) is 16.4 Å². The van der Waals surface area contributed by atoms with Gasteiger partial charge < -0.3 is 10.1 Å². The molecule has 1 N–H and O–H groups in total. The van der Waals surface area contributed by atoms with Crippen molar-refractivity contribution in [3.05, 3.63) is 82.6 Å². The molecule has 0 bridgehead atoms. The molecule has 0 saturated carbocycles. The molecule has 1 unspecified atom stereocenters. The summed E-state index contributed by atoms with van der Waals surface area (Å²) in [6.07, 6.45) is 0. The van der Waals surface area contributed by atoms with Gasteiger partial charge in [-0.05, 0) is 31.5 Å². The Morgan fingerprint density at radius 2 is 1.88 bits per heavy atom. The van der Waals surface area contributed by atoms with Crippen molar-refractivity contribution in [3.8, 4) is 6.07 Å². The summed E-state index contributed by atoms with van der Waals surface area (Å²) >= 11 is 0. The fraction of sp³-hybridized carbons (Fsp3) is 0.190. The molecule has 5 heteroatoms. The molecule has 0 saturated heterocycles. The molecule has 0 aliphatic carbocycles. The lowest BCUT2D eigenvalue weighted by Gasteiger charge is -2.28. The second kappa shape index (κ2) is 7.66. The maximum absolute atomic E-state index is 12.5. The molecule has 130 valence electrons. The highest BCUT2D eigenvalue weighted by Crippen LogP contribution is 2.30. The SMILES string of the molecule is CCOC(=O)C1=C(C)N=C(c2ccccc2)NC1c1ccc(C#N)cc1. The van der Waals surface area contributed by atoms with Crippen LogP contribution in [0.25, 0.3) is 0 Å². The zero-order valence-corrected chi connectivity index (χ0v) is 14.7. The Morgan fingerprint density at radius 3 is 2.50 bits per heavy atom. The van der Waals surface area contributed by atoms with Crippen LogP contribution in [-0.4, -0.2) is 18.4 Å². The molecular formula is C21H19N3O2. The van der Waals surface area contributed by atoms with Gasteiger partial charge in [-0.15, -0.1) is 0 Å². The van der Waals surface area contributed by atoms with E-state index in [1.807, 2.05) is 49.4 Å². The van der Waals surface area contributed by atoms with E-state index in [-0.39, 0.29) is 5.97 Å². The number of hydrogen-bond acceptors (Lipinski definition) is 5. The highest BCUT2D eigenvalue weighted by Gasteiger charge is 2.30. The summed E-state index contributed by atoms with van der Waals surface area (Å²) in [5.41, 5.74) is 3.48. The van der Waals surface area contributed by atoms with Crippen LogP contribution in [0, 0.1) is 11.3 Å². The summed E-state index contributed by atoms with van der Waals surface area (Å²) in [6.45, 7) is 3.89. The monoisotopic (exact) mass is 345 g/mol. The third kappa shape index (κ3) is 3.50. The van der Waals surface area contributed by atoms with E-state index in [9.17, 15) is 4.79 Å². The number of aliphatic imine (C=N–C) groups is 1. The van der Waals surface area contributed by atoms with E-state index in [0.717, 1.165) is 11.1 Å². The molecule has 0 amide bonds. The molecular weight excluding hydrogens is 326 g/mol. The average Bonchev–Trinajstić information content (AvgIpc) is 2.68. The fourth-order valence-electron chi connectivity index (χ4n) is 2.90. The van der Waals surface area contributed by atoms with Crippen LogP contribution in [0.1, 0.15) is 36.6 Å². The Kier molecular flexibility index (Phi) is 5.14. The maximum atomic E-state index is 12.5. The quantitative estimate of drug-likeness (QED) is 0.861. The number of rotatable bonds is 4. The van der Waals surface area contributed by atoms with Gasteiger partial charge in [0.2, 0.25) is 0 Å². The van der Waals surface area contributed by atoms with Gasteiger partial charge in [-0.2, -0.15) is 5.26 Å². The van der Waals surface area contributed by atoms with Gasteiger partial charge in [0.1, 0.15) is 5.84 Å². The van der Waals surface area contributed by atoms with E-state index in [0.29, 0.717) is 29.3 Å². The zero-order chi connectivity index (χ0) is 18.5. The highest BCUT2D eigenvalue weighted by molar-refractivity contribution is 6.03. The number of nitrogens with one attached hydrogen (secondary N) is 1. The van der Waals surface area contributed by atoms with Crippen LogP contribution in [-0.2, 0) is 9.53 Å². The van der Waals surface area contributed by atoms with Crippen molar-refractivity contribution >= 4 is 11.8 Å². The first-order valence-corrected chi connectivity index (χ1v) is 8.42. The smallest absolute Gasteiger partial charge is 0.338 e. The number of ether oxygens (including phenoxy) is 1. The molecule has 3 rings (SSSR count). The van der Waals surface area contributed by atoms with E-state index < -0.39 is 6.04 Å². The van der Waals surface area contributed by atoms with Crippen molar-refractivity contribution in [3.63, 3.8) is 0 Å². The number of nitriles is 1. The lowest BCUT2D eigenvalue weighted by atomic mass is 9.94. The van der Waals surface area contributed by atoms with Crippen molar-refractivity contribution in [1.29, 1.82) is 5.26 Å². The summed E-state index contributed by atoms with van der Waals surface area (Å²) in [7, 11) is 0. The van der Waals surface area contributed by atoms with Gasteiger partial charge in [0.25, 0.3) is 0 Å². The van der Waals surface area contributed by atoms with Gasteiger partial charge in [-0.1, -0.05) is 42.5 Å². The topological polar surface area (TPSA) is 74.5 Å². The molecule has 0 aromatic heterocycles. The third-order valence-corrected chi connectivity index (χ3v) is 4.15. The molecule has 1 aliphatic rings. The highest BCUT2D eigenvalue weighted by atomic mass is 16.5. The molecule has 1 atom stereocenters. The van der Waals surface area contributed by atoms with E-state index in [1.54, 1.807) is 19.1 Å². The predicted octanol–water partition coefficient (Wildman–Crippen LogP) is 3.49. The van der Waals surface area contributed by atoms with Gasteiger partial charge in [0.15, 0.2) is 0 Å². The Labute approximate surface area is 152 Å². The van der Waals surface area contributed by atoms with E-state index in [1.165, 1.54) is 0 Å². The van der Waals surface area contributed by atoms with Crippen molar-refractivity contribution < 1.29 is 9.53 Å². The molecule has 5 nitrogen and oxygen atoms in total. The maximum Gasteiger partial charge on any atom is 0.338 e. The van der Waals surface area contributed by atoms with Gasteiger partial charge in [-0.3, -0.25) is 0 Å². The minimum absolute atomic E-state index is 0.297. The van der Waals surface area contributed by atoms with Crippen molar-refractivity contribution in [1.82, 2.24) is 5.32 Å². The van der Waals surface area contributed by atoms with Gasteiger partial charge in [-0.25, -0.2) is 9.79 Å². The lowest BCUT2D eigenvalue weighted by molar-refractivity contribution is -0.139. The number of nitrogens with zero attached hydrogens (tertiary/aromatic N) is 2. The first kappa shape index (κ1) is 17.4. The fourth-order valence-corrected chi connectivity index (χ4v) is 2.90. The Morgan fingerprint density at radius 1 is 1.19 bits per heavy atom. The molecule has 0 radical (unpaired) electrons. The van der Waals surface area contributed by atoms with Gasteiger partial charge in [0, 0.05) is 5.56 Å². The Hall–Kier alpha value is -3.39. The van der Waals surface area contributed by atoms with Gasteiger partial charge in [0.05, 0.1) is 35.6 Å².